The summed E-state index contributed by atoms with van der Waals surface area (Å²) in [6.07, 6.45) is 2.75. The number of aromatic nitrogens is 1. The number of hydrogen-bond donors (Lipinski definition) is 1. The number of carboxylic acid groups (broad SMARTS) is 1. The lowest BCUT2D eigenvalue weighted by molar-refractivity contribution is -0.132. The van der Waals surface area contributed by atoms with Gasteiger partial charge in [0.1, 0.15) is 0 Å². The van der Waals surface area contributed by atoms with E-state index in [9.17, 15) is 18.0 Å². The van der Waals surface area contributed by atoms with Crippen molar-refractivity contribution in [2.45, 2.75) is 18.4 Å². The van der Waals surface area contributed by atoms with Crippen LogP contribution in [-0.2, 0) is 14.8 Å². The van der Waals surface area contributed by atoms with E-state index in [4.69, 9.17) is 5.11 Å². The van der Waals surface area contributed by atoms with E-state index < -0.39 is 21.9 Å². The molecule has 1 N–H and O–H groups in total. The van der Waals surface area contributed by atoms with Gasteiger partial charge in [-0.05, 0) is 18.6 Å². The smallest absolute Gasteiger partial charge is 0.331 e. The highest BCUT2D eigenvalue weighted by Crippen LogP contribution is 2.27. The summed E-state index contributed by atoms with van der Waals surface area (Å²) in [5, 5.41) is 8.60. The van der Waals surface area contributed by atoms with Gasteiger partial charge in [0.15, 0.2) is 5.03 Å². The van der Waals surface area contributed by atoms with Gasteiger partial charge < -0.3 is 5.11 Å². The zero-order valence-electron chi connectivity index (χ0n) is 10.6. The maximum Gasteiger partial charge on any atom is 0.331 e. The summed E-state index contributed by atoms with van der Waals surface area (Å²) in [5.41, 5.74) is 0.0613. The van der Waals surface area contributed by atoms with E-state index in [1.54, 1.807) is 6.92 Å². The van der Waals surface area contributed by atoms with Gasteiger partial charge in [-0.25, -0.2) is 14.1 Å². The summed E-state index contributed by atoms with van der Waals surface area (Å²) < 4.78 is 24.9. The average molecular weight is 296 g/mol. The van der Waals surface area contributed by atoms with Crippen molar-refractivity contribution in [1.82, 2.24) is 9.29 Å². The highest BCUT2D eigenvalue weighted by atomic mass is 32.2. The molecular weight excluding hydrogens is 284 g/mol. The number of carbonyl (C=O) groups excluding carboxylic acids is 1. The normalized spacial score (nSPS) is 17.1. The van der Waals surface area contributed by atoms with E-state index >= 15 is 0 Å². The molecule has 2 rings (SSSR count). The van der Waals surface area contributed by atoms with E-state index in [1.165, 1.54) is 24.4 Å². The molecule has 0 aromatic carbocycles. The number of rotatable bonds is 4. The van der Waals surface area contributed by atoms with E-state index in [-0.39, 0.29) is 29.1 Å². The Labute approximate surface area is 115 Å². The number of sulfonamides is 1. The Morgan fingerprint density at radius 2 is 2.20 bits per heavy atom. The van der Waals surface area contributed by atoms with Gasteiger partial charge >= 0.3 is 5.97 Å². The Balaban J connectivity index is 2.37. The van der Waals surface area contributed by atoms with Gasteiger partial charge in [0, 0.05) is 11.8 Å². The summed E-state index contributed by atoms with van der Waals surface area (Å²) >= 11 is 0. The SMILES string of the molecule is CC/C(=C/CN1C(=O)c2cccnc2S1(=O)=O)C(=O)O. The third-order valence-corrected chi connectivity index (χ3v) is 4.63. The van der Waals surface area contributed by atoms with Crippen LogP contribution in [0.1, 0.15) is 23.7 Å². The quantitative estimate of drug-likeness (QED) is 0.818. The molecule has 0 saturated heterocycles. The highest BCUT2D eigenvalue weighted by molar-refractivity contribution is 7.90. The zero-order chi connectivity index (χ0) is 14.9. The molecule has 8 heteroatoms. The van der Waals surface area contributed by atoms with Crippen LogP contribution in [-0.4, -0.2) is 41.2 Å². The van der Waals surface area contributed by atoms with Crippen molar-refractivity contribution in [2.24, 2.45) is 0 Å². The Morgan fingerprint density at radius 3 is 2.75 bits per heavy atom. The number of amides is 1. The first kappa shape index (κ1) is 14.2. The molecule has 1 aromatic rings. The monoisotopic (exact) mass is 296 g/mol. The van der Waals surface area contributed by atoms with Crippen LogP contribution in [0.2, 0.25) is 0 Å². The molecule has 0 radical (unpaired) electrons. The molecule has 106 valence electrons. The maximum absolute atomic E-state index is 12.1. The lowest BCUT2D eigenvalue weighted by Gasteiger charge is -2.12. The molecule has 1 aromatic heterocycles. The highest BCUT2D eigenvalue weighted by Gasteiger charge is 2.41. The number of pyridine rings is 1. The fourth-order valence-corrected chi connectivity index (χ4v) is 3.29. The molecule has 0 atom stereocenters. The summed E-state index contributed by atoms with van der Waals surface area (Å²) in [6.45, 7) is 1.32. The van der Waals surface area contributed by atoms with Crippen LogP contribution >= 0.6 is 0 Å². The fourth-order valence-electron chi connectivity index (χ4n) is 1.86. The van der Waals surface area contributed by atoms with Crippen LogP contribution < -0.4 is 0 Å². The van der Waals surface area contributed by atoms with Crippen LogP contribution in [0.5, 0.6) is 0 Å². The molecule has 0 bridgehead atoms. The van der Waals surface area contributed by atoms with E-state index in [0.717, 1.165) is 0 Å². The average Bonchev–Trinajstić information content (AvgIpc) is 2.60. The minimum atomic E-state index is -3.99. The first-order valence-electron chi connectivity index (χ1n) is 5.84. The van der Waals surface area contributed by atoms with Gasteiger partial charge in [0.25, 0.3) is 15.9 Å². The molecule has 0 spiro atoms. The number of nitrogens with zero attached hydrogens (tertiary/aromatic N) is 2. The van der Waals surface area contributed by atoms with Crippen LogP contribution in [0.15, 0.2) is 35.0 Å². The predicted octanol–water partition coefficient (Wildman–Crippen LogP) is 0.647. The van der Waals surface area contributed by atoms with Crippen molar-refractivity contribution in [2.75, 3.05) is 6.54 Å². The largest absolute Gasteiger partial charge is 0.478 e. The number of aliphatic carboxylic acids is 1. The maximum atomic E-state index is 12.1. The van der Waals surface area contributed by atoms with Crippen molar-refractivity contribution in [1.29, 1.82) is 0 Å². The second-order valence-electron chi connectivity index (χ2n) is 4.09. The first-order chi connectivity index (χ1) is 9.39. The van der Waals surface area contributed by atoms with Gasteiger partial charge in [-0.1, -0.05) is 13.0 Å². The Hall–Kier alpha value is -2.22. The van der Waals surface area contributed by atoms with Crippen LogP contribution in [0.3, 0.4) is 0 Å². The molecule has 1 aliphatic heterocycles. The van der Waals surface area contributed by atoms with Crippen molar-refractivity contribution < 1.29 is 23.1 Å². The molecule has 0 unspecified atom stereocenters. The molecule has 1 aliphatic rings. The molecule has 7 nitrogen and oxygen atoms in total. The molecule has 0 aliphatic carbocycles. The Kier molecular flexibility index (Phi) is 3.58. The van der Waals surface area contributed by atoms with Crippen molar-refractivity contribution in [3.63, 3.8) is 0 Å². The third-order valence-electron chi connectivity index (χ3n) is 2.92. The summed E-state index contributed by atoms with van der Waals surface area (Å²) in [7, 11) is -3.99. The van der Waals surface area contributed by atoms with Crippen LogP contribution in [0, 0.1) is 0 Å². The number of hydrogen-bond acceptors (Lipinski definition) is 5. The summed E-state index contributed by atoms with van der Waals surface area (Å²) in [6, 6.07) is 2.85. The lowest BCUT2D eigenvalue weighted by atomic mass is 10.2. The fraction of sp³-hybridized carbons (Fsp3) is 0.250. The number of fused-ring (bicyclic) bond motifs is 1. The van der Waals surface area contributed by atoms with Gasteiger partial charge in [0.2, 0.25) is 0 Å². The van der Waals surface area contributed by atoms with Gasteiger partial charge in [-0.3, -0.25) is 4.79 Å². The molecule has 20 heavy (non-hydrogen) atoms. The molecule has 0 fully saturated rings. The van der Waals surface area contributed by atoms with Crippen molar-refractivity contribution >= 4 is 21.9 Å². The molecule has 1 amide bonds. The first-order valence-corrected chi connectivity index (χ1v) is 7.28. The number of carbonyl (C=O) groups is 2. The molecule has 2 heterocycles. The second-order valence-corrected chi connectivity index (χ2v) is 5.86. The summed E-state index contributed by atoms with van der Waals surface area (Å²) in [4.78, 5) is 26.6. The Bertz CT molecular complexity index is 708. The third kappa shape index (κ3) is 2.18. The minimum absolute atomic E-state index is 0.00859. The standard InChI is InChI=1S/C12H12N2O5S/c1-2-8(12(16)17)5-7-14-11(15)9-4-3-6-13-10(9)20(14,18)19/h3-6H,2,7H2,1H3,(H,16,17)/b8-5-. The van der Waals surface area contributed by atoms with Crippen LogP contribution in [0.25, 0.3) is 0 Å². The van der Waals surface area contributed by atoms with E-state index in [0.29, 0.717) is 4.31 Å². The second kappa shape index (κ2) is 5.04. The van der Waals surface area contributed by atoms with Crippen molar-refractivity contribution in [3.05, 3.63) is 35.5 Å². The Morgan fingerprint density at radius 1 is 1.50 bits per heavy atom. The lowest BCUT2D eigenvalue weighted by Crippen LogP contribution is -2.30. The predicted molar refractivity (Wildman–Crippen MR) is 68.5 cm³/mol. The molecular formula is C12H12N2O5S. The topological polar surface area (TPSA) is 105 Å². The molecule has 0 saturated carbocycles. The van der Waals surface area contributed by atoms with E-state index in [2.05, 4.69) is 4.98 Å². The van der Waals surface area contributed by atoms with E-state index in [1.807, 2.05) is 0 Å². The van der Waals surface area contributed by atoms with Crippen LogP contribution in [0.4, 0.5) is 0 Å². The van der Waals surface area contributed by atoms with Gasteiger partial charge in [-0.2, -0.15) is 8.42 Å². The van der Waals surface area contributed by atoms with Crippen molar-refractivity contribution in [3.8, 4) is 0 Å². The summed E-state index contributed by atoms with van der Waals surface area (Å²) in [5.74, 6) is -1.82. The van der Waals surface area contributed by atoms with Gasteiger partial charge in [0.05, 0.1) is 12.1 Å². The number of carboxylic acids is 1. The zero-order valence-corrected chi connectivity index (χ0v) is 11.4. The minimum Gasteiger partial charge on any atom is -0.478 e. The van der Waals surface area contributed by atoms with Gasteiger partial charge in [-0.15, -0.1) is 0 Å².